The lowest BCUT2D eigenvalue weighted by Gasteiger charge is -2.33. The zero-order valence-corrected chi connectivity index (χ0v) is 17.0. The molecule has 0 aliphatic carbocycles. The van der Waals surface area contributed by atoms with Gasteiger partial charge in [0.25, 0.3) is 0 Å². The number of amides is 2. The van der Waals surface area contributed by atoms with Gasteiger partial charge < -0.3 is 9.80 Å². The Hall–Kier alpha value is -2.78. The molecule has 0 bridgehead atoms. The lowest BCUT2D eigenvalue weighted by atomic mass is 10.1. The number of nitrogens with zero attached hydrogens (tertiary/aromatic N) is 3. The van der Waals surface area contributed by atoms with Crippen LogP contribution < -0.4 is 4.72 Å². The second kappa shape index (κ2) is 7.23. The first-order valence-corrected chi connectivity index (χ1v) is 10.8. The van der Waals surface area contributed by atoms with Crippen molar-refractivity contribution in [2.45, 2.75) is 30.3 Å². The number of hydrogen-bond acceptors (Lipinski definition) is 5. The third-order valence-corrected chi connectivity index (χ3v) is 6.91. The standard InChI is InChI=1S/C20H22N4O4S/c1-13-9-15(7-8-21-13)14-3-5-17(6-4-14)29(27,28)22-16-10-18-20(26)23(2)12-19(25)24(18)11-16/h3-9,16,18,22H,10-12H2,1-2H3/t16-,18-/m0/s1. The lowest BCUT2D eigenvalue weighted by Crippen LogP contribution is -2.55. The predicted molar refractivity (Wildman–Crippen MR) is 106 cm³/mol. The summed E-state index contributed by atoms with van der Waals surface area (Å²) < 4.78 is 28.3. The van der Waals surface area contributed by atoms with E-state index in [1.807, 2.05) is 19.1 Å². The first-order chi connectivity index (χ1) is 13.7. The quantitative estimate of drug-likeness (QED) is 0.797. The zero-order chi connectivity index (χ0) is 20.8. The van der Waals surface area contributed by atoms with Crippen molar-refractivity contribution < 1.29 is 18.0 Å². The Balaban J connectivity index is 1.49. The van der Waals surface area contributed by atoms with E-state index in [0.29, 0.717) is 0 Å². The summed E-state index contributed by atoms with van der Waals surface area (Å²) in [6.45, 7) is 2.14. The van der Waals surface area contributed by atoms with Crippen molar-refractivity contribution in [3.8, 4) is 11.1 Å². The van der Waals surface area contributed by atoms with Crippen molar-refractivity contribution in [3.63, 3.8) is 0 Å². The molecule has 2 aromatic rings. The van der Waals surface area contributed by atoms with Crippen LogP contribution in [0, 0.1) is 6.92 Å². The average molecular weight is 414 g/mol. The minimum Gasteiger partial charge on any atom is -0.335 e. The molecule has 0 spiro atoms. The number of sulfonamides is 1. The number of benzene rings is 1. The molecule has 0 radical (unpaired) electrons. The number of carbonyl (C=O) groups is 2. The second-order valence-corrected chi connectivity index (χ2v) is 9.23. The average Bonchev–Trinajstić information content (AvgIpc) is 3.10. The summed E-state index contributed by atoms with van der Waals surface area (Å²) in [7, 11) is -2.18. The third kappa shape index (κ3) is 3.75. The molecule has 2 fully saturated rings. The van der Waals surface area contributed by atoms with Gasteiger partial charge >= 0.3 is 0 Å². The van der Waals surface area contributed by atoms with Gasteiger partial charge in [0, 0.05) is 31.5 Å². The number of nitrogens with one attached hydrogen (secondary N) is 1. The highest BCUT2D eigenvalue weighted by Gasteiger charge is 2.45. The molecule has 2 aliphatic rings. The summed E-state index contributed by atoms with van der Waals surface area (Å²) in [5.41, 5.74) is 2.74. The third-order valence-electron chi connectivity index (χ3n) is 5.37. The number of carbonyl (C=O) groups excluding carboxylic acids is 2. The number of pyridine rings is 1. The van der Waals surface area contributed by atoms with Crippen LogP contribution in [0.5, 0.6) is 0 Å². The fourth-order valence-electron chi connectivity index (χ4n) is 3.90. The minimum absolute atomic E-state index is 0.0325. The van der Waals surface area contributed by atoms with Gasteiger partial charge in [0.05, 0.1) is 11.4 Å². The SMILES string of the molecule is Cc1cc(-c2ccc(S(=O)(=O)N[C@H]3C[C@H]4C(=O)N(C)CC(=O)N4C3)cc2)ccn1. The fourth-order valence-corrected chi connectivity index (χ4v) is 5.14. The van der Waals surface area contributed by atoms with Crippen LogP contribution in [-0.4, -0.2) is 67.2 Å². The van der Waals surface area contributed by atoms with Crippen LogP contribution in [0.25, 0.3) is 11.1 Å². The van der Waals surface area contributed by atoms with Crippen molar-refractivity contribution in [2.75, 3.05) is 20.1 Å². The molecule has 2 amide bonds. The van der Waals surface area contributed by atoms with Gasteiger partial charge in [-0.3, -0.25) is 14.6 Å². The van der Waals surface area contributed by atoms with Crippen LogP contribution in [0.15, 0.2) is 47.5 Å². The van der Waals surface area contributed by atoms with E-state index in [4.69, 9.17) is 0 Å². The molecule has 2 atom stereocenters. The number of fused-ring (bicyclic) bond motifs is 1. The van der Waals surface area contributed by atoms with Gasteiger partial charge in [0.1, 0.15) is 6.04 Å². The Kier molecular flexibility index (Phi) is 4.87. The Labute approximate surface area is 169 Å². The summed E-state index contributed by atoms with van der Waals surface area (Å²) in [4.78, 5) is 31.6. The van der Waals surface area contributed by atoms with E-state index < -0.39 is 22.1 Å². The molecule has 2 saturated heterocycles. The number of rotatable bonds is 4. The van der Waals surface area contributed by atoms with Crippen LogP contribution in [0.1, 0.15) is 12.1 Å². The number of piperazine rings is 1. The topological polar surface area (TPSA) is 99.7 Å². The zero-order valence-electron chi connectivity index (χ0n) is 16.2. The molecule has 1 N–H and O–H groups in total. The maximum Gasteiger partial charge on any atom is 0.245 e. The van der Waals surface area contributed by atoms with E-state index in [1.54, 1.807) is 37.5 Å². The summed E-state index contributed by atoms with van der Waals surface area (Å²) >= 11 is 0. The van der Waals surface area contributed by atoms with Gasteiger partial charge in [0.15, 0.2) is 0 Å². The molecule has 29 heavy (non-hydrogen) atoms. The molecule has 3 heterocycles. The van der Waals surface area contributed by atoms with Crippen LogP contribution in [0.4, 0.5) is 0 Å². The van der Waals surface area contributed by atoms with Gasteiger partial charge in [-0.15, -0.1) is 0 Å². The minimum atomic E-state index is -3.77. The van der Waals surface area contributed by atoms with Crippen molar-refractivity contribution in [3.05, 3.63) is 48.3 Å². The Morgan fingerprint density at radius 2 is 1.83 bits per heavy atom. The van der Waals surface area contributed by atoms with E-state index >= 15 is 0 Å². The lowest BCUT2D eigenvalue weighted by molar-refractivity contribution is -0.152. The Morgan fingerprint density at radius 1 is 1.10 bits per heavy atom. The highest BCUT2D eigenvalue weighted by atomic mass is 32.2. The van der Waals surface area contributed by atoms with Crippen LogP contribution in [0.3, 0.4) is 0 Å². The van der Waals surface area contributed by atoms with Gasteiger partial charge in [0.2, 0.25) is 21.8 Å². The van der Waals surface area contributed by atoms with Crippen LogP contribution in [-0.2, 0) is 19.6 Å². The maximum atomic E-state index is 12.8. The number of aryl methyl sites for hydroxylation is 1. The molecule has 1 aromatic heterocycles. The van der Waals surface area contributed by atoms with Gasteiger partial charge in [-0.25, -0.2) is 13.1 Å². The second-order valence-electron chi connectivity index (χ2n) is 7.52. The van der Waals surface area contributed by atoms with Gasteiger partial charge in [-0.1, -0.05) is 12.1 Å². The molecule has 9 heteroatoms. The number of hydrogen-bond donors (Lipinski definition) is 1. The van der Waals surface area contributed by atoms with Crippen molar-refractivity contribution >= 4 is 21.8 Å². The highest BCUT2D eigenvalue weighted by Crippen LogP contribution is 2.26. The van der Waals surface area contributed by atoms with Crippen molar-refractivity contribution in [2.24, 2.45) is 0 Å². The van der Waals surface area contributed by atoms with Crippen molar-refractivity contribution in [1.82, 2.24) is 19.5 Å². The Morgan fingerprint density at radius 3 is 2.52 bits per heavy atom. The first-order valence-electron chi connectivity index (χ1n) is 9.34. The van der Waals surface area contributed by atoms with E-state index in [1.165, 1.54) is 9.80 Å². The molecule has 1 aromatic carbocycles. The first kappa shape index (κ1) is 19.5. The molecule has 8 nitrogen and oxygen atoms in total. The van der Waals surface area contributed by atoms with E-state index in [9.17, 15) is 18.0 Å². The van der Waals surface area contributed by atoms with E-state index in [2.05, 4.69) is 9.71 Å². The normalized spacial score (nSPS) is 22.1. The largest absolute Gasteiger partial charge is 0.335 e. The van der Waals surface area contributed by atoms with E-state index in [-0.39, 0.29) is 36.2 Å². The fraction of sp³-hybridized carbons (Fsp3) is 0.350. The Bertz CT molecular complexity index is 1070. The molecule has 0 unspecified atom stereocenters. The smallest absolute Gasteiger partial charge is 0.245 e. The molecular formula is C20H22N4O4S. The number of likely N-dealkylation sites (N-methyl/N-ethyl adjacent to an activating group) is 1. The summed E-state index contributed by atoms with van der Waals surface area (Å²) in [6, 6.07) is 9.33. The summed E-state index contributed by atoms with van der Waals surface area (Å²) in [6.07, 6.45) is 1.99. The molecule has 2 aliphatic heterocycles. The molecule has 4 rings (SSSR count). The summed E-state index contributed by atoms with van der Waals surface area (Å²) in [5, 5.41) is 0. The monoisotopic (exact) mass is 414 g/mol. The molecular weight excluding hydrogens is 392 g/mol. The van der Waals surface area contributed by atoms with Crippen LogP contribution >= 0.6 is 0 Å². The molecule has 0 saturated carbocycles. The molecule has 152 valence electrons. The highest BCUT2D eigenvalue weighted by molar-refractivity contribution is 7.89. The van der Waals surface area contributed by atoms with Crippen molar-refractivity contribution in [1.29, 1.82) is 0 Å². The predicted octanol–water partition coefficient (Wildman–Crippen LogP) is 0.777. The maximum absolute atomic E-state index is 12.8. The van der Waals surface area contributed by atoms with Gasteiger partial charge in [-0.05, 0) is 48.7 Å². The van der Waals surface area contributed by atoms with Gasteiger partial charge in [-0.2, -0.15) is 0 Å². The number of aromatic nitrogens is 1. The van der Waals surface area contributed by atoms with E-state index in [0.717, 1.165) is 16.8 Å². The summed E-state index contributed by atoms with van der Waals surface area (Å²) in [5.74, 6) is -0.306. The van der Waals surface area contributed by atoms with Crippen LogP contribution in [0.2, 0.25) is 0 Å².